The average Bonchev–Trinajstić information content (AvgIpc) is 2.90. The molecule has 1 saturated heterocycles. The van der Waals surface area contributed by atoms with Gasteiger partial charge in [0.05, 0.1) is 19.8 Å². The van der Waals surface area contributed by atoms with Crippen LogP contribution in [0.3, 0.4) is 0 Å². The Labute approximate surface area is 220 Å². The lowest BCUT2D eigenvalue weighted by Gasteiger charge is -2.29. The Bertz CT molecular complexity index is 1150. The maximum atomic E-state index is 12.4. The predicted octanol–water partition coefficient (Wildman–Crippen LogP) is 5.62. The number of nitrogens with zero attached hydrogens (tertiary/aromatic N) is 1. The smallest absolute Gasteiger partial charge is 0.262 e. The molecule has 3 aromatic rings. The molecule has 0 atom stereocenters. The second-order valence-corrected chi connectivity index (χ2v) is 9.38. The molecule has 0 bridgehead atoms. The molecule has 0 unspecified atom stereocenters. The highest BCUT2D eigenvalue weighted by atomic mass is 79.9. The van der Waals surface area contributed by atoms with Crippen molar-refractivity contribution in [3.05, 3.63) is 76.3 Å². The third-order valence-electron chi connectivity index (χ3n) is 5.83. The fourth-order valence-corrected chi connectivity index (χ4v) is 4.34. The van der Waals surface area contributed by atoms with E-state index >= 15 is 0 Å². The maximum Gasteiger partial charge on any atom is 0.262 e. The van der Waals surface area contributed by atoms with E-state index in [0.29, 0.717) is 24.7 Å². The van der Waals surface area contributed by atoms with Crippen LogP contribution in [0.4, 0.5) is 17.1 Å². The average molecular weight is 554 g/mol. The highest BCUT2D eigenvalue weighted by Crippen LogP contribution is 2.34. The Morgan fingerprint density at radius 1 is 0.972 bits per heavy atom. The summed E-state index contributed by atoms with van der Waals surface area (Å²) in [6, 6.07) is 19.9. The van der Waals surface area contributed by atoms with E-state index in [1.54, 1.807) is 0 Å². The molecule has 3 aromatic carbocycles. The number of benzene rings is 3. The minimum atomic E-state index is -0.233. The van der Waals surface area contributed by atoms with Crippen molar-refractivity contribution in [2.75, 3.05) is 55.1 Å². The summed E-state index contributed by atoms with van der Waals surface area (Å²) in [6.45, 7) is 8.28. The lowest BCUT2D eigenvalue weighted by Crippen LogP contribution is -2.36. The number of amides is 1. The zero-order chi connectivity index (χ0) is 25.3. The van der Waals surface area contributed by atoms with E-state index in [1.165, 1.54) is 5.69 Å². The van der Waals surface area contributed by atoms with Crippen molar-refractivity contribution >= 4 is 38.9 Å². The summed E-state index contributed by atoms with van der Waals surface area (Å²) in [4.78, 5) is 14.7. The fraction of sp³-hybridized carbons (Fsp3) is 0.321. The molecule has 1 fully saturated rings. The lowest BCUT2D eigenvalue weighted by molar-refractivity contribution is -0.118. The largest absolute Gasteiger partial charge is 0.490 e. The number of hydrogen-bond acceptors (Lipinski definition) is 6. The molecule has 1 heterocycles. The summed E-state index contributed by atoms with van der Waals surface area (Å²) in [5.74, 6) is 0.883. The highest BCUT2D eigenvalue weighted by molar-refractivity contribution is 9.10. The molecule has 0 radical (unpaired) electrons. The van der Waals surface area contributed by atoms with Gasteiger partial charge in [0.2, 0.25) is 0 Å². The zero-order valence-electron chi connectivity index (χ0n) is 20.7. The molecule has 8 heteroatoms. The summed E-state index contributed by atoms with van der Waals surface area (Å²) in [5.41, 5.74) is 5.13. The fourth-order valence-electron chi connectivity index (χ4n) is 3.88. The molecule has 2 N–H and O–H groups in total. The molecule has 190 valence electrons. The van der Waals surface area contributed by atoms with Crippen molar-refractivity contribution in [3.63, 3.8) is 0 Å². The molecule has 1 amide bonds. The van der Waals surface area contributed by atoms with Crippen LogP contribution >= 0.6 is 15.9 Å². The lowest BCUT2D eigenvalue weighted by atomic mass is 10.2. The summed E-state index contributed by atoms with van der Waals surface area (Å²) >= 11 is 3.64. The van der Waals surface area contributed by atoms with Crippen LogP contribution in [-0.4, -0.2) is 45.4 Å². The Kier molecular flexibility index (Phi) is 9.08. The van der Waals surface area contributed by atoms with Crippen LogP contribution in [-0.2, 0) is 16.1 Å². The number of nitrogens with one attached hydrogen (secondary N) is 2. The van der Waals surface area contributed by atoms with E-state index in [4.69, 9.17) is 14.2 Å². The molecule has 0 aliphatic carbocycles. The van der Waals surface area contributed by atoms with Crippen LogP contribution in [0.5, 0.6) is 11.5 Å². The van der Waals surface area contributed by atoms with Crippen LogP contribution in [0.15, 0.2) is 65.1 Å². The van der Waals surface area contributed by atoms with Gasteiger partial charge in [0.1, 0.15) is 0 Å². The maximum absolute atomic E-state index is 12.4. The molecule has 0 saturated carbocycles. The number of morpholine rings is 1. The van der Waals surface area contributed by atoms with Crippen molar-refractivity contribution < 1.29 is 19.0 Å². The number of halogens is 1. The van der Waals surface area contributed by atoms with E-state index < -0.39 is 0 Å². The van der Waals surface area contributed by atoms with E-state index in [0.717, 1.165) is 53.3 Å². The summed E-state index contributed by atoms with van der Waals surface area (Å²) in [7, 11) is 0. The number of carbonyl (C=O) groups is 1. The van der Waals surface area contributed by atoms with Gasteiger partial charge >= 0.3 is 0 Å². The Hall–Kier alpha value is -3.23. The van der Waals surface area contributed by atoms with Crippen LogP contribution in [0.2, 0.25) is 0 Å². The van der Waals surface area contributed by atoms with Gasteiger partial charge in [-0.3, -0.25) is 4.79 Å². The van der Waals surface area contributed by atoms with Crippen LogP contribution in [0.1, 0.15) is 18.1 Å². The Morgan fingerprint density at radius 3 is 2.33 bits per heavy atom. The Morgan fingerprint density at radius 2 is 1.64 bits per heavy atom. The van der Waals surface area contributed by atoms with Gasteiger partial charge in [-0.05, 0) is 67.9 Å². The quantitative estimate of drug-likeness (QED) is 0.339. The van der Waals surface area contributed by atoms with Crippen LogP contribution < -0.4 is 25.0 Å². The normalized spacial score (nSPS) is 13.2. The number of ether oxygens (including phenoxy) is 3. The van der Waals surface area contributed by atoms with Gasteiger partial charge in [0, 0.05) is 41.2 Å². The van der Waals surface area contributed by atoms with E-state index in [1.807, 2.05) is 50.2 Å². The van der Waals surface area contributed by atoms with Gasteiger partial charge in [0.15, 0.2) is 18.1 Å². The number of carbonyl (C=O) groups excluding carboxylic acids is 1. The molecule has 0 spiro atoms. The highest BCUT2D eigenvalue weighted by Gasteiger charge is 2.14. The molecule has 36 heavy (non-hydrogen) atoms. The van der Waals surface area contributed by atoms with Crippen molar-refractivity contribution in [3.8, 4) is 11.5 Å². The van der Waals surface area contributed by atoms with Gasteiger partial charge < -0.3 is 29.7 Å². The molecule has 4 rings (SSSR count). The van der Waals surface area contributed by atoms with Crippen molar-refractivity contribution in [1.29, 1.82) is 0 Å². The van der Waals surface area contributed by atoms with Gasteiger partial charge in [-0.15, -0.1) is 0 Å². The molecule has 7 nitrogen and oxygen atoms in total. The molecular formula is C28H32BrN3O4. The minimum Gasteiger partial charge on any atom is -0.490 e. The topological polar surface area (TPSA) is 72.1 Å². The van der Waals surface area contributed by atoms with E-state index in [-0.39, 0.29) is 12.5 Å². The monoisotopic (exact) mass is 553 g/mol. The molecule has 1 aliphatic rings. The van der Waals surface area contributed by atoms with Gasteiger partial charge in [-0.2, -0.15) is 0 Å². The van der Waals surface area contributed by atoms with Gasteiger partial charge in [0.25, 0.3) is 5.91 Å². The third kappa shape index (κ3) is 7.15. The molecule has 1 aliphatic heterocycles. The van der Waals surface area contributed by atoms with Crippen LogP contribution in [0.25, 0.3) is 0 Å². The standard InChI is InChI=1S/C28H32BrN3O4/c1-3-35-26-16-21(18-30-22-8-10-24(11-9-22)32-12-14-34-15-13-32)25(29)17-27(26)36-19-28(33)31-23-6-4-20(2)5-7-23/h4-11,16-17,30H,3,12-15,18-19H2,1-2H3,(H,31,33). The number of hydrogen-bond donors (Lipinski definition) is 2. The second kappa shape index (κ2) is 12.6. The van der Waals surface area contributed by atoms with Crippen molar-refractivity contribution in [2.24, 2.45) is 0 Å². The zero-order valence-corrected chi connectivity index (χ0v) is 22.3. The molecular weight excluding hydrogens is 522 g/mol. The van der Waals surface area contributed by atoms with Crippen molar-refractivity contribution in [2.45, 2.75) is 20.4 Å². The first-order valence-corrected chi connectivity index (χ1v) is 12.9. The van der Waals surface area contributed by atoms with Gasteiger partial charge in [-0.25, -0.2) is 0 Å². The summed E-state index contributed by atoms with van der Waals surface area (Å²) < 4.78 is 17.9. The van der Waals surface area contributed by atoms with Crippen molar-refractivity contribution in [1.82, 2.24) is 0 Å². The molecule has 0 aromatic heterocycles. The first-order chi connectivity index (χ1) is 17.5. The third-order valence-corrected chi connectivity index (χ3v) is 6.57. The SMILES string of the molecule is CCOc1cc(CNc2ccc(N3CCOCC3)cc2)c(Br)cc1OCC(=O)Nc1ccc(C)cc1. The predicted molar refractivity (Wildman–Crippen MR) is 147 cm³/mol. The number of rotatable bonds is 10. The number of aryl methyl sites for hydroxylation is 1. The second-order valence-electron chi connectivity index (χ2n) is 8.53. The Balaban J connectivity index is 1.36. The first kappa shape index (κ1) is 25.9. The van der Waals surface area contributed by atoms with Gasteiger partial charge in [-0.1, -0.05) is 33.6 Å². The minimum absolute atomic E-state index is 0.118. The van der Waals surface area contributed by atoms with E-state index in [2.05, 4.69) is 55.7 Å². The van der Waals surface area contributed by atoms with E-state index in [9.17, 15) is 4.79 Å². The summed E-state index contributed by atoms with van der Waals surface area (Å²) in [5, 5.41) is 6.31. The first-order valence-electron chi connectivity index (χ1n) is 12.1. The van der Waals surface area contributed by atoms with Crippen LogP contribution in [0, 0.1) is 6.92 Å². The number of anilines is 3. The summed E-state index contributed by atoms with van der Waals surface area (Å²) in [6.07, 6.45) is 0.